The van der Waals surface area contributed by atoms with Gasteiger partial charge in [-0.05, 0) is 60.4 Å². The molecular formula is C30H26N2O2. The number of aryl methyl sites for hydroxylation is 2. The second-order valence-corrected chi connectivity index (χ2v) is 8.47. The van der Waals surface area contributed by atoms with Crippen LogP contribution in [-0.2, 0) is 12.8 Å². The van der Waals surface area contributed by atoms with Crippen molar-refractivity contribution < 1.29 is 9.59 Å². The van der Waals surface area contributed by atoms with Gasteiger partial charge in [0.2, 0.25) is 0 Å². The number of hydrogen-bond donors (Lipinski definition) is 2. The minimum atomic E-state index is -0.161. The van der Waals surface area contributed by atoms with E-state index in [1.165, 1.54) is 11.1 Å². The highest BCUT2D eigenvalue weighted by Gasteiger charge is 2.33. The highest BCUT2D eigenvalue weighted by molar-refractivity contribution is 6.32. The first-order valence-electron chi connectivity index (χ1n) is 11.7. The molecule has 4 nitrogen and oxygen atoms in total. The topological polar surface area (TPSA) is 58.2 Å². The third-order valence-electron chi connectivity index (χ3n) is 6.35. The number of anilines is 4. The molecule has 0 unspecified atom stereocenters. The quantitative estimate of drug-likeness (QED) is 0.293. The van der Waals surface area contributed by atoms with Crippen molar-refractivity contribution in [3.05, 3.63) is 118 Å². The van der Waals surface area contributed by atoms with Crippen LogP contribution in [0.15, 0.2) is 84.9 Å². The summed E-state index contributed by atoms with van der Waals surface area (Å²) in [6.45, 7) is 4.23. The van der Waals surface area contributed by atoms with Gasteiger partial charge in [0.1, 0.15) is 0 Å². The van der Waals surface area contributed by atoms with Crippen LogP contribution in [0.1, 0.15) is 56.8 Å². The maximum atomic E-state index is 13.8. The average molecular weight is 447 g/mol. The van der Waals surface area contributed by atoms with E-state index in [2.05, 4.69) is 48.7 Å². The molecule has 2 N–H and O–H groups in total. The Hall–Kier alpha value is -4.18. The molecule has 5 rings (SSSR count). The van der Waals surface area contributed by atoms with E-state index in [1.807, 2.05) is 48.5 Å². The van der Waals surface area contributed by atoms with Crippen molar-refractivity contribution in [3.8, 4) is 0 Å². The summed E-state index contributed by atoms with van der Waals surface area (Å²) in [4.78, 5) is 27.3. The van der Waals surface area contributed by atoms with Gasteiger partial charge in [-0.15, -0.1) is 0 Å². The molecule has 0 radical (unpaired) electrons. The Morgan fingerprint density at radius 2 is 0.941 bits per heavy atom. The summed E-state index contributed by atoms with van der Waals surface area (Å²) in [5.41, 5.74) is 7.17. The van der Waals surface area contributed by atoms with Crippen molar-refractivity contribution in [1.82, 2.24) is 0 Å². The smallest absolute Gasteiger partial charge is 0.198 e. The molecule has 0 aliphatic heterocycles. The molecule has 0 amide bonds. The van der Waals surface area contributed by atoms with Crippen LogP contribution in [0.5, 0.6) is 0 Å². The fourth-order valence-electron chi connectivity index (χ4n) is 4.41. The Labute approximate surface area is 199 Å². The summed E-state index contributed by atoms with van der Waals surface area (Å²) in [5, 5.41) is 6.71. The molecule has 34 heavy (non-hydrogen) atoms. The predicted molar refractivity (Wildman–Crippen MR) is 138 cm³/mol. The van der Waals surface area contributed by atoms with Crippen LogP contribution >= 0.6 is 0 Å². The van der Waals surface area contributed by atoms with E-state index < -0.39 is 0 Å². The fourth-order valence-corrected chi connectivity index (χ4v) is 4.41. The second-order valence-electron chi connectivity index (χ2n) is 8.47. The molecule has 4 heteroatoms. The number of hydrogen-bond acceptors (Lipinski definition) is 4. The molecule has 168 valence electrons. The van der Waals surface area contributed by atoms with Crippen molar-refractivity contribution in [2.75, 3.05) is 10.6 Å². The molecule has 0 saturated heterocycles. The molecule has 4 aromatic carbocycles. The average Bonchev–Trinajstić information content (AvgIpc) is 2.88. The maximum Gasteiger partial charge on any atom is 0.198 e. The summed E-state index contributed by atoms with van der Waals surface area (Å²) in [7, 11) is 0. The van der Waals surface area contributed by atoms with E-state index in [4.69, 9.17) is 0 Å². The SMILES string of the molecule is CCc1ccc(Nc2cccc3c2C(=O)c2c(Nc4ccc(CC)cc4)cccc2C3=O)cc1. The molecule has 1 aliphatic rings. The van der Waals surface area contributed by atoms with E-state index >= 15 is 0 Å². The number of rotatable bonds is 6. The molecule has 0 fully saturated rings. The van der Waals surface area contributed by atoms with Gasteiger partial charge in [-0.25, -0.2) is 0 Å². The van der Waals surface area contributed by atoms with E-state index in [-0.39, 0.29) is 11.6 Å². The number of carbonyl (C=O) groups is 2. The third kappa shape index (κ3) is 3.88. The van der Waals surface area contributed by atoms with Crippen LogP contribution < -0.4 is 10.6 Å². The lowest BCUT2D eigenvalue weighted by molar-refractivity contribution is 0.0980. The molecule has 1 aliphatic carbocycles. The van der Waals surface area contributed by atoms with Crippen LogP contribution in [0.3, 0.4) is 0 Å². The lowest BCUT2D eigenvalue weighted by Crippen LogP contribution is -2.23. The standard InChI is InChI=1S/C30H26N2O2/c1-3-19-11-15-21(16-12-19)31-25-9-5-7-23-27(25)30(34)28-24(29(23)33)8-6-10-26(28)32-22-17-13-20(4-2)14-18-22/h5-18,31-32H,3-4H2,1-2H3. The summed E-state index contributed by atoms with van der Waals surface area (Å²) in [5.74, 6) is -0.300. The Morgan fingerprint density at radius 3 is 1.32 bits per heavy atom. The highest BCUT2D eigenvalue weighted by Crippen LogP contribution is 2.37. The van der Waals surface area contributed by atoms with Crippen molar-refractivity contribution in [1.29, 1.82) is 0 Å². The zero-order valence-electron chi connectivity index (χ0n) is 19.3. The number of benzene rings is 4. The largest absolute Gasteiger partial charge is 0.355 e. The van der Waals surface area contributed by atoms with Crippen molar-refractivity contribution in [2.45, 2.75) is 26.7 Å². The van der Waals surface area contributed by atoms with Crippen LogP contribution in [-0.4, -0.2) is 11.6 Å². The van der Waals surface area contributed by atoms with Crippen LogP contribution in [0.2, 0.25) is 0 Å². The van der Waals surface area contributed by atoms with Crippen LogP contribution in [0.4, 0.5) is 22.7 Å². The molecule has 0 atom stereocenters. The van der Waals surface area contributed by atoms with Crippen LogP contribution in [0.25, 0.3) is 0 Å². The van der Waals surface area contributed by atoms with Gasteiger partial charge in [0.25, 0.3) is 0 Å². The summed E-state index contributed by atoms with van der Waals surface area (Å²) in [6.07, 6.45) is 1.92. The first kappa shape index (κ1) is 21.7. The molecule has 4 aromatic rings. The minimum absolute atomic E-state index is 0.139. The fraction of sp³-hybridized carbons (Fsp3) is 0.133. The van der Waals surface area contributed by atoms with Crippen molar-refractivity contribution in [3.63, 3.8) is 0 Å². The highest BCUT2D eigenvalue weighted by atomic mass is 16.1. The van der Waals surface area contributed by atoms with Gasteiger partial charge in [-0.2, -0.15) is 0 Å². The molecule has 0 saturated carbocycles. The number of carbonyl (C=O) groups excluding carboxylic acids is 2. The molecule has 0 spiro atoms. The van der Waals surface area contributed by atoms with Gasteiger partial charge >= 0.3 is 0 Å². The van der Waals surface area contributed by atoms with E-state index in [0.717, 1.165) is 24.2 Å². The monoisotopic (exact) mass is 446 g/mol. The van der Waals surface area contributed by atoms with Crippen molar-refractivity contribution >= 4 is 34.3 Å². The van der Waals surface area contributed by atoms with Gasteiger partial charge in [0.15, 0.2) is 11.6 Å². The zero-order valence-corrected chi connectivity index (χ0v) is 19.3. The number of ketones is 2. The number of fused-ring (bicyclic) bond motifs is 2. The summed E-state index contributed by atoms with van der Waals surface area (Å²) in [6, 6.07) is 27.0. The third-order valence-corrected chi connectivity index (χ3v) is 6.35. The maximum absolute atomic E-state index is 13.8. The van der Waals surface area contributed by atoms with E-state index in [0.29, 0.717) is 33.6 Å². The van der Waals surface area contributed by atoms with Crippen molar-refractivity contribution in [2.24, 2.45) is 0 Å². The normalized spacial score (nSPS) is 12.2. The van der Waals surface area contributed by atoms with Crippen LogP contribution in [0, 0.1) is 0 Å². The minimum Gasteiger partial charge on any atom is -0.355 e. The predicted octanol–water partition coefficient (Wildman–Crippen LogP) is 7.07. The molecule has 0 heterocycles. The second kappa shape index (κ2) is 8.99. The van der Waals surface area contributed by atoms with Gasteiger partial charge in [-0.3, -0.25) is 9.59 Å². The van der Waals surface area contributed by atoms with Gasteiger partial charge in [0, 0.05) is 22.5 Å². The molecular weight excluding hydrogens is 420 g/mol. The summed E-state index contributed by atoms with van der Waals surface area (Å²) >= 11 is 0. The van der Waals surface area contributed by atoms with E-state index in [1.54, 1.807) is 12.1 Å². The Bertz CT molecular complexity index is 1280. The van der Waals surface area contributed by atoms with Gasteiger partial charge < -0.3 is 10.6 Å². The Kier molecular flexibility index (Phi) is 5.72. The van der Waals surface area contributed by atoms with Gasteiger partial charge in [0.05, 0.1) is 22.5 Å². The lowest BCUT2D eigenvalue weighted by atomic mass is 9.82. The summed E-state index contributed by atoms with van der Waals surface area (Å²) < 4.78 is 0. The zero-order chi connectivity index (χ0) is 23.7. The lowest BCUT2D eigenvalue weighted by Gasteiger charge is -2.23. The first-order chi connectivity index (χ1) is 16.6. The molecule has 0 bridgehead atoms. The first-order valence-corrected chi connectivity index (χ1v) is 11.7. The van der Waals surface area contributed by atoms with E-state index in [9.17, 15) is 9.59 Å². The molecule has 0 aromatic heterocycles. The van der Waals surface area contributed by atoms with Gasteiger partial charge in [-0.1, -0.05) is 62.4 Å². The Balaban J connectivity index is 1.54. The number of nitrogens with one attached hydrogen (secondary N) is 2. The Morgan fingerprint density at radius 1 is 0.529 bits per heavy atom.